The number of amides is 1. The van der Waals surface area contributed by atoms with Crippen LogP contribution in [0, 0.1) is 13.8 Å². The Bertz CT molecular complexity index is 707. The number of benzene rings is 1. The highest BCUT2D eigenvalue weighted by Gasteiger charge is 2.31. The Balaban J connectivity index is 1.98. The van der Waals surface area contributed by atoms with E-state index in [2.05, 4.69) is 31.7 Å². The average molecular weight is 335 g/mol. The molecular formula is C14H15BrN4O. The Hall–Kier alpha value is -1.82. The molecule has 1 aliphatic heterocycles. The summed E-state index contributed by atoms with van der Waals surface area (Å²) in [7, 11) is 1.90. The summed E-state index contributed by atoms with van der Waals surface area (Å²) in [6.45, 7) is 3.92. The van der Waals surface area contributed by atoms with Crippen LogP contribution in [0.15, 0.2) is 22.7 Å². The number of nitrogens with zero attached hydrogens (tertiary/aromatic N) is 2. The van der Waals surface area contributed by atoms with Crippen molar-refractivity contribution in [3.8, 4) is 0 Å². The second-order valence-electron chi connectivity index (χ2n) is 4.97. The summed E-state index contributed by atoms with van der Waals surface area (Å²) in [6.07, 6.45) is 0. The molecule has 0 aliphatic carbocycles. The van der Waals surface area contributed by atoms with Crippen LogP contribution in [-0.2, 0) is 11.8 Å². The smallest absolute Gasteiger partial charge is 0.251 e. The molecule has 1 aromatic heterocycles. The van der Waals surface area contributed by atoms with Crippen molar-refractivity contribution in [2.45, 2.75) is 19.9 Å². The van der Waals surface area contributed by atoms with Gasteiger partial charge in [0.2, 0.25) is 0 Å². The van der Waals surface area contributed by atoms with E-state index in [0.717, 1.165) is 32.8 Å². The molecule has 0 radical (unpaired) electrons. The first-order valence-corrected chi connectivity index (χ1v) is 7.13. The van der Waals surface area contributed by atoms with E-state index in [1.54, 1.807) is 0 Å². The number of carbonyl (C=O) groups is 1. The maximum atomic E-state index is 12.2. The lowest BCUT2D eigenvalue weighted by molar-refractivity contribution is -0.116. The first-order valence-electron chi connectivity index (χ1n) is 6.34. The minimum absolute atomic E-state index is 0.0410. The predicted octanol–water partition coefficient (Wildman–Crippen LogP) is 2.90. The third-order valence-corrected chi connectivity index (χ3v) is 4.14. The van der Waals surface area contributed by atoms with Gasteiger partial charge in [-0.15, -0.1) is 0 Å². The summed E-state index contributed by atoms with van der Waals surface area (Å²) in [5, 5.41) is 10.6. The van der Waals surface area contributed by atoms with Gasteiger partial charge in [-0.1, -0.05) is 22.0 Å². The van der Waals surface area contributed by atoms with E-state index in [1.165, 1.54) is 0 Å². The van der Waals surface area contributed by atoms with E-state index in [4.69, 9.17) is 0 Å². The van der Waals surface area contributed by atoms with Gasteiger partial charge in [-0.2, -0.15) is 5.10 Å². The van der Waals surface area contributed by atoms with E-state index < -0.39 is 0 Å². The van der Waals surface area contributed by atoms with Crippen molar-refractivity contribution in [1.82, 2.24) is 9.78 Å². The molecule has 1 amide bonds. The van der Waals surface area contributed by atoms with Crippen molar-refractivity contribution in [2.24, 2.45) is 7.05 Å². The number of halogens is 1. The van der Waals surface area contributed by atoms with Crippen LogP contribution in [-0.4, -0.2) is 15.7 Å². The molecule has 5 nitrogen and oxygen atoms in total. The van der Waals surface area contributed by atoms with Crippen LogP contribution in [0.4, 0.5) is 11.4 Å². The lowest BCUT2D eigenvalue weighted by Gasteiger charge is -2.13. The van der Waals surface area contributed by atoms with Crippen molar-refractivity contribution in [2.75, 3.05) is 10.6 Å². The third kappa shape index (κ3) is 2.00. The maximum absolute atomic E-state index is 12.2. The van der Waals surface area contributed by atoms with Gasteiger partial charge in [0.25, 0.3) is 5.91 Å². The van der Waals surface area contributed by atoms with E-state index in [-0.39, 0.29) is 11.9 Å². The van der Waals surface area contributed by atoms with Crippen LogP contribution < -0.4 is 10.6 Å². The minimum Gasteiger partial charge on any atom is -0.367 e. The first-order chi connectivity index (χ1) is 9.47. The molecule has 104 valence electrons. The fourth-order valence-corrected chi connectivity index (χ4v) is 2.87. The minimum atomic E-state index is -0.375. The van der Waals surface area contributed by atoms with Gasteiger partial charge in [0, 0.05) is 22.8 Å². The third-order valence-electron chi connectivity index (χ3n) is 3.64. The molecule has 2 heterocycles. The van der Waals surface area contributed by atoms with Crippen LogP contribution >= 0.6 is 15.9 Å². The van der Waals surface area contributed by atoms with Crippen LogP contribution in [0.5, 0.6) is 0 Å². The number of anilines is 2. The zero-order valence-electron chi connectivity index (χ0n) is 11.5. The molecule has 6 heteroatoms. The molecule has 1 aliphatic rings. The summed E-state index contributed by atoms with van der Waals surface area (Å²) in [4.78, 5) is 12.2. The van der Waals surface area contributed by atoms with E-state index in [1.807, 2.05) is 43.8 Å². The van der Waals surface area contributed by atoms with Crippen molar-refractivity contribution in [3.05, 3.63) is 39.6 Å². The maximum Gasteiger partial charge on any atom is 0.251 e. The number of fused-ring (bicyclic) bond motifs is 1. The number of nitrogens with one attached hydrogen (secondary N) is 2. The summed E-state index contributed by atoms with van der Waals surface area (Å²) in [5.41, 5.74) is 4.63. The topological polar surface area (TPSA) is 59.0 Å². The SMILES string of the molecule is Cc1nn(C)c(C)c1NC1C(=O)Nc2cc(Br)ccc21. The molecule has 0 bridgehead atoms. The second kappa shape index (κ2) is 4.63. The van der Waals surface area contributed by atoms with E-state index >= 15 is 0 Å². The molecule has 0 fully saturated rings. The zero-order chi connectivity index (χ0) is 14.4. The molecule has 2 aromatic rings. The Morgan fingerprint density at radius 1 is 1.40 bits per heavy atom. The molecule has 3 rings (SSSR count). The van der Waals surface area contributed by atoms with Gasteiger partial charge in [-0.3, -0.25) is 9.48 Å². The van der Waals surface area contributed by atoms with Gasteiger partial charge < -0.3 is 10.6 Å². The summed E-state index contributed by atoms with van der Waals surface area (Å²) in [5.74, 6) is -0.0410. The number of aromatic nitrogens is 2. The second-order valence-corrected chi connectivity index (χ2v) is 5.88. The Morgan fingerprint density at radius 2 is 2.15 bits per heavy atom. The van der Waals surface area contributed by atoms with Crippen LogP contribution in [0.2, 0.25) is 0 Å². The summed E-state index contributed by atoms with van der Waals surface area (Å²) < 4.78 is 2.76. The molecule has 0 spiro atoms. The van der Waals surface area contributed by atoms with Crippen LogP contribution in [0.1, 0.15) is 23.0 Å². The standard InChI is InChI=1S/C14H15BrN4O/c1-7-12(8(2)19(3)18-7)17-13-10-5-4-9(15)6-11(10)16-14(13)20/h4-6,13,17H,1-3H3,(H,16,20). The molecule has 20 heavy (non-hydrogen) atoms. The largest absolute Gasteiger partial charge is 0.367 e. The predicted molar refractivity (Wildman–Crippen MR) is 81.8 cm³/mol. The normalized spacial score (nSPS) is 17.0. The highest BCUT2D eigenvalue weighted by molar-refractivity contribution is 9.10. The molecule has 0 saturated heterocycles. The summed E-state index contributed by atoms with van der Waals surface area (Å²) in [6, 6.07) is 5.43. The highest BCUT2D eigenvalue weighted by Crippen LogP contribution is 2.36. The van der Waals surface area contributed by atoms with Gasteiger partial charge in [-0.05, 0) is 26.0 Å². The van der Waals surface area contributed by atoms with Gasteiger partial charge in [-0.25, -0.2) is 0 Å². The van der Waals surface area contributed by atoms with E-state index in [9.17, 15) is 4.79 Å². The Morgan fingerprint density at radius 3 is 2.80 bits per heavy atom. The monoisotopic (exact) mass is 334 g/mol. The van der Waals surface area contributed by atoms with Gasteiger partial charge in [0.05, 0.1) is 17.1 Å². The number of rotatable bonds is 2. The van der Waals surface area contributed by atoms with Gasteiger partial charge in [0.15, 0.2) is 0 Å². The van der Waals surface area contributed by atoms with Crippen molar-refractivity contribution in [1.29, 1.82) is 0 Å². The fourth-order valence-electron chi connectivity index (χ4n) is 2.50. The highest BCUT2D eigenvalue weighted by atomic mass is 79.9. The van der Waals surface area contributed by atoms with Crippen LogP contribution in [0.3, 0.4) is 0 Å². The van der Waals surface area contributed by atoms with Crippen LogP contribution in [0.25, 0.3) is 0 Å². The quantitative estimate of drug-likeness (QED) is 0.887. The molecule has 0 saturated carbocycles. The number of hydrogen-bond acceptors (Lipinski definition) is 3. The lowest BCUT2D eigenvalue weighted by Crippen LogP contribution is -2.20. The molecule has 2 N–H and O–H groups in total. The molecule has 1 aromatic carbocycles. The van der Waals surface area contributed by atoms with Gasteiger partial charge in [0.1, 0.15) is 6.04 Å². The van der Waals surface area contributed by atoms with E-state index in [0.29, 0.717) is 0 Å². The Kier molecular flexibility index (Phi) is 3.05. The van der Waals surface area contributed by atoms with Crippen molar-refractivity contribution in [3.63, 3.8) is 0 Å². The fraction of sp³-hybridized carbons (Fsp3) is 0.286. The molecule has 1 unspecified atom stereocenters. The number of hydrogen-bond donors (Lipinski definition) is 2. The number of aryl methyl sites for hydroxylation is 2. The molecule has 1 atom stereocenters. The average Bonchev–Trinajstić information content (AvgIpc) is 2.81. The molecular weight excluding hydrogens is 320 g/mol. The summed E-state index contributed by atoms with van der Waals surface area (Å²) >= 11 is 3.41. The van der Waals surface area contributed by atoms with Gasteiger partial charge >= 0.3 is 0 Å². The Labute approximate surface area is 125 Å². The lowest BCUT2D eigenvalue weighted by atomic mass is 10.1. The zero-order valence-corrected chi connectivity index (χ0v) is 13.1. The number of carbonyl (C=O) groups excluding carboxylic acids is 1. The van der Waals surface area contributed by atoms with Crippen molar-refractivity contribution >= 4 is 33.2 Å². The van der Waals surface area contributed by atoms with Crippen molar-refractivity contribution < 1.29 is 4.79 Å². The first kappa shape index (κ1) is 13.2.